The Bertz CT molecular complexity index is 1140. The third-order valence-electron chi connectivity index (χ3n) is 4.53. The summed E-state index contributed by atoms with van der Waals surface area (Å²) < 4.78 is 28.8. The van der Waals surface area contributed by atoms with Crippen LogP contribution in [0.4, 0.5) is 8.78 Å². The first-order chi connectivity index (χ1) is 13.5. The van der Waals surface area contributed by atoms with E-state index in [0.717, 1.165) is 28.0 Å². The first-order valence-electron chi connectivity index (χ1n) is 8.70. The maximum Gasteiger partial charge on any atom is 0.228 e. The number of hydrogen-bond acceptors (Lipinski definition) is 3. The summed E-state index contributed by atoms with van der Waals surface area (Å²) in [5.41, 5.74) is 2.97. The Kier molecular flexibility index (Phi) is 4.92. The number of fused-ring (bicyclic) bond motifs is 1. The van der Waals surface area contributed by atoms with Gasteiger partial charge in [0.15, 0.2) is 4.96 Å². The lowest BCUT2D eigenvalue weighted by Gasteiger charge is -2.17. The number of imidazole rings is 1. The van der Waals surface area contributed by atoms with Crippen LogP contribution in [0.15, 0.2) is 60.1 Å². The zero-order chi connectivity index (χ0) is 19.7. The molecule has 4 aromatic rings. The minimum absolute atomic E-state index is 0.0808. The molecule has 0 aliphatic carbocycles. The van der Waals surface area contributed by atoms with Gasteiger partial charge in [0.2, 0.25) is 5.91 Å². The Hall–Kier alpha value is -3.06. The van der Waals surface area contributed by atoms with Crippen LogP contribution in [0, 0.1) is 11.6 Å². The number of thiazole rings is 1. The zero-order valence-electron chi connectivity index (χ0n) is 15.1. The van der Waals surface area contributed by atoms with E-state index >= 15 is 0 Å². The van der Waals surface area contributed by atoms with Crippen molar-refractivity contribution in [1.82, 2.24) is 14.3 Å². The second-order valence-electron chi connectivity index (χ2n) is 6.53. The van der Waals surface area contributed by atoms with Gasteiger partial charge < -0.3 is 4.90 Å². The van der Waals surface area contributed by atoms with E-state index in [4.69, 9.17) is 0 Å². The predicted molar refractivity (Wildman–Crippen MR) is 105 cm³/mol. The lowest BCUT2D eigenvalue weighted by Crippen LogP contribution is -2.28. The Balaban J connectivity index is 1.51. The number of carbonyl (C=O) groups excluding carboxylic acids is 1. The van der Waals surface area contributed by atoms with E-state index in [2.05, 4.69) is 4.98 Å². The number of rotatable bonds is 5. The minimum atomic E-state index is -0.653. The van der Waals surface area contributed by atoms with E-state index in [1.54, 1.807) is 7.05 Å². The summed E-state index contributed by atoms with van der Waals surface area (Å²) in [6.07, 6.45) is 2.09. The molecule has 0 fully saturated rings. The van der Waals surface area contributed by atoms with Crippen LogP contribution < -0.4 is 0 Å². The fourth-order valence-electron chi connectivity index (χ4n) is 2.99. The number of amides is 1. The van der Waals surface area contributed by atoms with E-state index in [-0.39, 0.29) is 24.4 Å². The molecule has 0 N–H and O–H groups in total. The average molecular weight is 397 g/mol. The number of nitrogens with zero attached hydrogens (tertiary/aromatic N) is 3. The van der Waals surface area contributed by atoms with Crippen LogP contribution in [0.5, 0.6) is 0 Å². The Morgan fingerprint density at radius 1 is 1.18 bits per heavy atom. The molecular weight excluding hydrogens is 380 g/mol. The van der Waals surface area contributed by atoms with Crippen molar-refractivity contribution in [3.05, 3.63) is 83.0 Å². The first-order valence-corrected chi connectivity index (χ1v) is 9.58. The Morgan fingerprint density at radius 3 is 2.71 bits per heavy atom. The highest BCUT2D eigenvalue weighted by Crippen LogP contribution is 2.24. The van der Waals surface area contributed by atoms with E-state index in [1.807, 2.05) is 46.3 Å². The molecule has 7 heteroatoms. The molecule has 4 rings (SSSR count). The lowest BCUT2D eigenvalue weighted by molar-refractivity contribution is -0.129. The molecule has 0 aliphatic rings. The van der Waals surface area contributed by atoms with Gasteiger partial charge in [-0.25, -0.2) is 13.8 Å². The predicted octanol–water partition coefficient (Wildman–Crippen LogP) is 4.54. The van der Waals surface area contributed by atoms with Crippen LogP contribution in [0.3, 0.4) is 0 Å². The third kappa shape index (κ3) is 3.66. The quantitative estimate of drug-likeness (QED) is 0.496. The second kappa shape index (κ2) is 7.52. The van der Waals surface area contributed by atoms with Gasteiger partial charge in [0.05, 0.1) is 12.1 Å². The molecule has 4 nitrogen and oxygen atoms in total. The van der Waals surface area contributed by atoms with Crippen LogP contribution in [0.2, 0.25) is 0 Å². The molecule has 0 atom stereocenters. The van der Waals surface area contributed by atoms with Gasteiger partial charge in [-0.3, -0.25) is 9.20 Å². The maximum absolute atomic E-state index is 13.8. The number of benzene rings is 2. The number of hydrogen-bond donors (Lipinski definition) is 0. The first kappa shape index (κ1) is 18.3. The molecule has 28 heavy (non-hydrogen) atoms. The summed E-state index contributed by atoms with van der Waals surface area (Å²) in [6.45, 7) is 0.0808. The molecule has 0 unspecified atom stereocenters. The van der Waals surface area contributed by atoms with Crippen molar-refractivity contribution in [2.45, 2.75) is 13.0 Å². The molecule has 2 aromatic carbocycles. The number of carbonyl (C=O) groups is 1. The van der Waals surface area contributed by atoms with Gasteiger partial charge in [0.25, 0.3) is 0 Å². The lowest BCUT2D eigenvalue weighted by atomic mass is 10.2. The highest BCUT2D eigenvalue weighted by atomic mass is 32.1. The van der Waals surface area contributed by atoms with Gasteiger partial charge in [-0.05, 0) is 6.07 Å². The highest BCUT2D eigenvalue weighted by molar-refractivity contribution is 7.15. The normalized spacial score (nSPS) is 11.1. The van der Waals surface area contributed by atoms with Crippen molar-refractivity contribution in [3.63, 3.8) is 0 Å². The smallest absolute Gasteiger partial charge is 0.228 e. The number of halogens is 2. The SMILES string of the molecule is CN(Cc1ccc(F)cc1F)C(=O)Cc1csc2nc(-c3ccccc3)cn12. The van der Waals surface area contributed by atoms with Gasteiger partial charge in [0, 0.05) is 48.1 Å². The molecule has 142 valence electrons. The Morgan fingerprint density at radius 2 is 1.96 bits per heavy atom. The zero-order valence-corrected chi connectivity index (χ0v) is 15.9. The Labute approximate surface area is 164 Å². The molecule has 2 aromatic heterocycles. The standard InChI is InChI=1S/C21H17F2N3OS/c1-25(11-15-7-8-16(22)9-18(15)23)20(27)10-17-13-28-21-24-19(12-26(17)21)14-5-3-2-4-6-14/h2-9,12-13H,10-11H2,1H3. The average Bonchev–Trinajstić information content (AvgIpc) is 3.26. The molecule has 0 radical (unpaired) electrons. The number of aromatic nitrogens is 2. The van der Waals surface area contributed by atoms with Crippen molar-refractivity contribution in [1.29, 1.82) is 0 Å². The van der Waals surface area contributed by atoms with Crippen LogP contribution in [0.25, 0.3) is 16.2 Å². The van der Waals surface area contributed by atoms with Crippen molar-refractivity contribution >= 4 is 22.2 Å². The topological polar surface area (TPSA) is 37.6 Å². The van der Waals surface area contributed by atoms with Gasteiger partial charge in [-0.15, -0.1) is 11.3 Å². The monoisotopic (exact) mass is 397 g/mol. The minimum Gasteiger partial charge on any atom is -0.341 e. The van der Waals surface area contributed by atoms with Crippen molar-refractivity contribution < 1.29 is 13.6 Å². The summed E-state index contributed by atoms with van der Waals surface area (Å²) in [5.74, 6) is -1.44. The van der Waals surface area contributed by atoms with E-state index in [1.165, 1.54) is 28.4 Å². The summed E-state index contributed by atoms with van der Waals surface area (Å²) >= 11 is 1.47. The van der Waals surface area contributed by atoms with E-state index in [9.17, 15) is 13.6 Å². The number of likely N-dealkylation sites (N-methyl/N-ethyl adjacent to an activating group) is 1. The van der Waals surface area contributed by atoms with Crippen LogP contribution in [-0.2, 0) is 17.8 Å². The second-order valence-corrected chi connectivity index (χ2v) is 7.37. The summed E-state index contributed by atoms with van der Waals surface area (Å²) in [7, 11) is 1.61. The fourth-order valence-corrected chi connectivity index (χ4v) is 3.86. The third-order valence-corrected chi connectivity index (χ3v) is 5.42. The molecule has 0 saturated heterocycles. The van der Waals surface area contributed by atoms with Gasteiger partial charge >= 0.3 is 0 Å². The summed E-state index contributed by atoms with van der Waals surface area (Å²) in [6, 6.07) is 13.2. The van der Waals surface area contributed by atoms with Gasteiger partial charge in [0.1, 0.15) is 11.6 Å². The molecule has 2 heterocycles. The van der Waals surface area contributed by atoms with Crippen LogP contribution in [0.1, 0.15) is 11.3 Å². The molecule has 1 amide bonds. The largest absolute Gasteiger partial charge is 0.341 e. The van der Waals surface area contributed by atoms with Crippen LogP contribution in [-0.4, -0.2) is 27.2 Å². The molecule has 0 spiro atoms. The molecule has 0 aliphatic heterocycles. The molecular formula is C21H17F2N3OS. The van der Waals surface area contributed by atoms with Crippen molar-refractivity contribution in [2.75, 3.05) is 7.05 Å². The summed E-state index contributed by atoms with van der Waals surface area (Å²) in [4.78, 5) is 19.5. The van der Waals surface area contributed by atoms with Crippen molar-refractivity contribution in [3.8, 4) is 11.3 Å². The molecule has 0 saturated carbocycles. The van der Waals surface area contributed by atoms with E-state index in [0.29, 0.717) is 0 Å². The van der Waals surface area contributed by atoms with Crippen molar-refractivity contribution in [2.24, 2.45) is 0 Å². The molecule has 0 bridgehead atoms. The fraction of sp³-hybridized carbons (Fsp3) is 0.143. The van der Waals surface area contributed by atoms with Crippen LogP contribution >= 0.6 is 11.3 Å². The maximum atomic E-state index is 13.8. The highest BCUT2D eigenvalue weighted by Gasteiger charge is 2.16. The van der Waals surface area contributed by atoms with E-state index < -0.39 is 11.6 Å². The van der Waals surface area contributed by atoms with Gasteiger partial charge in [-0.2, -0.15) is 0 Å². The summed E-state index contributed by atoms with van der Waals surface area (Å²) in [5, 5.41) is 1.90. The van der Waals surface area contributed by atoms with Gasteiger partial charge in [-0.1, -0.05) is 36.4 Å².